The number of carbonyl (C=O) groups excluding carboxylic acids is 3. The van der Waals surface area contributed by atoms with Crippen LogP contribution >= 0.6 is 23.4 Å². The number of rotatable bonds is 6. The zero-order chi connectivity index (χ0) is 19.8. The summed E-state index contributed by atoms with van der Waals surface area (Å²) < 4.78 is 0. The number of aryl methyl sites for hydroxylation is 1. The predicted octanol–water partition coefficient (Wildman–Crippen LogP) is 3.17. The highest BCUT2D eigenvalue weighted by Crippen LogP contribution is 2.13. The molecule has 0 saturated heterocycles. The number of benzene rings is 2. The van der Waals surface area contributed by atoms with E-state index in [0.717, 1.165) is 5.56 Å². The Balaban J connectivity index is 1.74. The van der Waals surface area contributed by atoms with E-state index in [1.807, 2.05) is 31.2 Å². The molecule has 0 aliphatic heterocycles. The van der Waals surface area contributed by atoms with Crippen LogP contribution < -0.4 is 16.2 Å². The largest absolute Gasteiger partial charge is 0.325 e. The SMILES string of the molecule is Cc1ccc(NC(=O)CS[C@H](C)C(=O)NNC(=O)c2cccc(Cl)c2)cc1. The molecule has 0 unspecified atom stereocenters. The Morgan fingerprint density at radius 1 is 1.07 bits per heavy atom. The molecule has 0 radical (unpaired) electrons. The van der Waals surface area contributed by atoms with Crippen molar-refractivity contribution in [1.82, 2.24) is 10.9 Å². The van der Waals surface area contributed by atoms with Gasteiger partial charge in [-0.05, 0) is 44.2 Å². The number of hydrogen-bond acceptors (Lipinski definition) is 4. The second-order valence-corrected chi connectivity index (χ2v) is 7.59. The lowest BCUT2D eigenvalue weighted by atomic mass is 10.2. The van der Waals surface area contributed by atoms with Gasteiger partial charge in [-0.15, -0.1) is 11.8 Å². The van der Waals surface area contributed by atoms with Crippen molar-refractivity contribution in [2.75, 3.05) is 11.1 Å². The van der Waals surface area contributed by atoms with E-state index >= 15 is 0 Å². The lowest BCUT2D eigenvalue weighted by Crippen LogP contribution is -2.45. The number of halogens is 1. The first kappa shape index (κ1) is 20.8. The highest BCUT2D eigenvalue weighted by atomic mass is 35.5. The van der Waals surface area contributed by atoms with Gasteiger partial charge in [-0.3, -0.25) is 25.2 Å². The Bertz CT molecular complexity index is 827. The number of hydrazine groups is 1. The van der Waals surface area contributed by atoms with Crippen LogP contribution in [-0.4, -0.2) is 28.7 Å². The van der Waals surface area contributed by atoms with Gasteiger partial charge in [0.1, 0.15) is 0 Å². The van der Waals surface area contributed by atoms with Crippen LogP contribution in [0.3, 0.4) is 0 Å². The molecule has 0 spiro atoms. The second-order valence-electron chi connectivity index (χ2n) is 5.82. The average molecular weight is 406 g/mol. The van der Waals surface area contributed by atoms with Crippen molar-refractivity contribution >= 4 is 46.8 Å². The number of carbonyl (C=O) groups is 3. The summed E-state index contributed by atoms with van der Waals surface area (Å²) in [6.07, 6.45) is 0. The maximum atomic E-state index is 12.0. The smallest absolute Gasteiger partial charge is 0.269 e. The van der Waals surface area contributed by atoms with Gasteiger partial charge in [-0.25, -0.2) is 0 Å². The number of anilines is 1. The van der Waals surface area contributed by atoms with Crippen LogP contribution in [0.25, 0.3) is 0 Å². The van der Waals surface area contributed by atoms with Crippen LogP contribution in [0.1, 0.15) is 22.8 Å². The Hall–Kier alpha value is -2.51. The maximum absolute atomic E-state index is 12.0. The van der Waals surface area contributed by atoms with E-state index in [9.17, 15) is 14.4 Å². The van der Waals surface area contributed by atoms with Gasteiger partial charge in [-0.2, -0.15) is 0 Å². The van der Waals surface area contributed by atoms with Crippen LogP contribution in [0.4, 0.5) is 5.69 Å². The van der Waals surface area contributed by atoms with E-state index in [1.54, 1.807) is 25.1 Å². The molecule has 8 heteroatoms. The summed E-state index contributed by atoms with van der Waals surface area (Å²) in [5.74, 6) is -0.963. The Labute approximate surface area is 167 Å². The van der Waals surface area contributed by atoms with E-state index < -0.39 is 17.1 Å². The second kappa shape index (κ2) is 9.99. The van der Waals surface area contributed by atoms with Crippen molar-refractivity contribution in [3.8, 4) is 0 Å². The van der Waals surface area contributed by atoms with Gasteiger partial charge in [0.25, 0.3) is 11.8 Å². The monoisotopic (exact) mass is 405 g/mol. The summed E-state index contributed by atoms with van der Waals surface area (Å²) >= 11 is 7.00. The molecule has 2 aromatic rings. The molecule has 3 amide bonds. The minimum atomic E-state index is -0.520. The summed E-state index contributed by atoms with van der Waals surface area (Å²) in [6.45, 7) is 3.62. The number of thioether (sulfide) groups is 1. The van der Waals surface area contributed by atoms with Gasteiger partial charge in [0, 0.05) is 16.3 Å². The number of hydrogen-bond donors (Lipinski definition) is 3. The number of nitrogens with one attached hydrogen (secondary N) is 3. The molecule has 0 saturated carbocycles. The van der Waals surface area contributed by atoms with Gasteiger partial charge >= 0.3 is 0 Å². The summed E-state index contributed by atoms with van der Waals surface area (Å²) in [7, 11) is 0. The molecule has 0 bridgehead atoms. The molecule has 27 heavy (non-hydrogen) atoms. The Morgan fingerprint density at radius 2 is 1.78 bits per heavy atom. The molecule has 0 aromatic heterocycles. The maximum Gasteiger partial charge on any atom is 0.269 e. The fraction of sp³-hybridized carbons (Fsp3) is 0.211. The van der Waals surface area contributed by atoms with Crippen molar-refractivity contribution in [1.29, 1.82) is 0 Å². The fourth-order valence-electron chi connectivity index (χ4n) is 2.03. The molecule has 6 nitrogen and oxygen atoms in total. The van der Waals surface area contributed by atoms with Gasteiger partial charge in [0.15, 0.2) is 0 Å². The molecule has 2 aromatic carbocycles. The first-order valence-corrected chi connectivity index (χ1v) is 9.61. The highest BCUT2D eigenvalue weighted by Gasteiger charge is 2.16. The van der Waals surface area contributed by atoms with Crippen molar-refractivity contribution in [2.24, 2.45) is 0 Å². The third-order valence-corrected chi connectivity index (χ3v) is 4.93. The lowest BCUT2D eigenvalue weighted by molar-refractivity contribution is -0.121. The van der Waals surface area contributed by atoms with E-state index in [-0.39, 0.29) is 11.7 Å². The van der Waals surface area contributed by atoms with Crippen molar-refractivity contribution in [2.45, 2.75) is 19.1 Å². The molecular weight excluding hydrogens is 386 g/mol. The van der Waals surface area contributed by atoms with E-state index in [0.29, 0.717) is 16.3 Å². The van der Waals surface area contributed by atoms with Crippen molar-refractivity contribution in [3.63, 3.8) is 0 Å². The van der Waals surface area contributed by atoms with Gasteiger partial charge < -0.3 is 5.32 Å². The summed E-state index contributed by atoms with van der Waals surface area (Å²) in [6, 6.07) is 13.8. The first-order chi connectivity index (χ1) is 12.8. The standard InChI is InChI=1S/C19H20ClN3O3S/c1-12-6-8-16(9-7-12)21-17(24)11-27-13(2)18(25)22-23-19(26)14-4-3-5-15(20)10-14/h3-10,13H,11H2,1-2H3,(H,21,24)(H,22,25)(H,23,26)/t13-/m1/s1. The lowest BCUT2D eigenvalue weighted by Gasteiger charge is -2.13. The van der Waals surface area contributed by atoms with Crippen LogP contribution in [0.15, 0.2) is 48.5 Å². The molecule has 3 N–H and O–H groups in total. The molecule has 142 valence electrons. The van der Waals surface area contributed by atoms with Gasteiger partial charge in [0.05, 0.1) is 11.0 Å². The molecule has 0 fully saturated rings. The Morgan fingerprint density at radius 3 is 2.44 bits per heavy atom. The minimum absolute atomic E-state index is 0.116. The summed E-state index contributed by atoms with van der Waals surface area (Å²) in [5.41, 5.74) is 6.82. The van der Waals surface area contributed by atoms with E-state index in [4.69, 9.17) is 11.6 Å². The van der Waals surface area contributed by atoms with Gasteiger partial charge in [-0.1, -0.05) is 35.4 Å². The quantitative estimate of drug-likeness (QED) is 0.644. The molecule has 1 atom stereocenters. The number of amides is 3. The molecular formula is C19H20ClN3O3S. The Kier molecular flexibility index (Phi) is 7.69. The summed E-state index contributed by atoms with van der Waals surface area (Å²) in [4.78, 5) is 36.0. The summed E-state index contributed by atoms with van der Waals surface area (Å²) in [5, 5.41) is 2.67. The van der Waals surface area contributed by atoms with Crippen molar-refractivity contribution < 1.29 is 14.4 Å². The first-order valence-electron chi connectivity index (χ1n) is 8.19. The van der Waals surface area contributed by atoms with Crippen molar-refractivity contribution in [3.05, 3.63) is 64.7 Å². The van der Waals surface area contributed by atoms with E-state index in [2.05, 4.69) is 16.2 Å². The highest BCUT2D eigenvalue weighted by molar-refractivity contribution is 8.01. The molecule has 0 aliphatic carbocycles. The van der Waals surface area contributed by atoms with Gasteiger partial charge in [0.2, 0.25) is 5.91 Å². The zero-order valence-electron chi connectivity index (χ0n) is 14.9. The average Bonchev–Trinajstić information content (AvgIpc) is 2.65. The van der Waals surface area contributed by atoms with Crippen LogP contribution in [-0.2, 0) is 9.59 Å². The third kappa shape index (κ3) is 6.96. The topological polar surface area (TPSA) is 87.3 Å². The molecule has 0 heterocycles. The zero-order valence-corrected chi connectivity index (χ0v) is 16.5. The third-order valence-electron chi connectivity index (χ3n) is 3.56. The molecule has 0 aliphatic rings. The van der Waals surface area contributed by atoms with Crippen LogP contribution in [0.5, 0.6) is 0 Å². The normalized spacial score (nSPS) is 11.4. The fourth-order valence-corrected chi connectivity index (χ4v) is 2.91. The van der Waals surface area contributed by atoms with Crippen LogP contribution in [0, 0.1) is 6.92 Å². The van der Waals surface area contributed by atoms with Crippen LogP contribution in [0.2, 0.25) is 5.02 Å². The predicted molar refractivity (Wildman–Crippen MR) is 109 cm³/mol. The van der Waals surface area contributed by atoms with E-state index in [1.165, 1.54) is 17.8 Å². The molecule has 2 rings (SSSR count). The minimum Gasteiger partial charge on any atom is -0.325 e.